The first-order valence-corrected chi connectivity index (χ1v) is 4.04. The van der Waals surface area contributed by atoms with Crippen LogP contribution in [-0.4, -0.2) is 33.7 Å². The van der Waals surface area contributed by atoms with Gasteiger partial charge in [-0.3, -0.25) is 4.55 Å². The van der Waals surface area contributed by atoms with Crippen LogP contribution in [0.1, 0.15) is 6.92 Å². The van der Waals surface area contributed by atoms with Crippen molar-refractivity contribution in [1.82, 2.24) is 5.32 Å². The molecule has 0 bridgehead atoms. The van der Waals surface area contributed by atoms with Crippen LogP contribution >= 0.6 is 0 Å². The summed E-state index contributed by atoms with van der Waals surface area (Å²) in [6.45, 7) is 1.44. The quantitative estimate of drug-likeness (QED) is 0.556. The topological polar surface area (TPSA) is 75.6 Å². The fourth-order valence-electron chi connectivity index (χ4n) is 0.149. The molecule has 0 fully saturated rings. The normalized spacial score (nSPS) is 10.0. The van der Waals surface area contributed by atoms with Gasteiger partial charge in [0.25, 0.3) is 0 Å². The molecule has 0 aromatic carbocycles. The molecule has 0 heterocycles. The zero-order valence-corrected chi connectivity index (χ0v) is 7.10. The van der Waals surface area contributed by atoms with Gasteiger partial charge in [0, 0.05) is 0 Å². The van der Waals surface area contributed by atoms with Crippen molar-refractivity contribution in [3.8, 4) is 0 Å². The van der Waals surface area contributed by atoms with Gasteiger partial charge in [0.15, 0.2) is 0 Å². The Morgan fingerprint density at radius 3 is 1.80 bits per heavy atom. The standard InChI is InChI=1S/C2H7N.C2H6O4S/c1-3-2;1-2-6-7(3,4)5/h3H,1-2H3;2H2,1H3,(H,3,4,5). The molecule has 2 N–H and O–H groups in total. The van der Waals surface area contributed by atoms with E-state index in [0.717, 1.165) is 0 Å². The molecule has 0 aromatic heterocycles. The molecule has 0 aromatic rings. The van der Waals surface area contributed by atoms with Crippen LogP contribution in [0.15, 0.2) is 0 Å². The fraction of sp³-hybridized carbons (Fsp3) is 1.00. The van der Waals surface area contributed by atoms with Crippen LogP contribution in [0.4, 0.5) is 0 Å². The van der Waals surface area contributed by atoms with E-state index in [-0.39, 0.29) is 6.61 Å². The summed E-state index contributed by atoms with van der Waals surface area (Å²) < 4.78 is 30.7. The number of hydrogen-bond donors (Lipinski definition) is 2. The van der Waals surface area contributed by atoms with Crippen LogP contribution in [0.25, 0.3) is 0 Å². The van der Waals surface area contributed by atoms with Crippen molar-refractivity contribution in [2.45, 2.75) is 6.92 Å². The van der Waals surface area contributed by atoms with E-state index in [0.29, 0.717) is 0 Å². The first-order chi connectivity index (χ1) is 4.47. The molecule has 0 radical (unpaired) electrons. The van der Waals surface area contributed by atoms with E-state index in [4.69, 9.17) is 4.55 Å². The van der Waals surface area contributed by atoms with Gasteiger partial charge in [0.2, 0.25) is 0 Å². The van der Waals surface area contributed by atoms with E-state index < -0.39 is 10.4 Å². The number of nitrogens with one attached hydrogen (secondary N) is 1. The Labute approximate surface area is 61.3 Å². The van der Waals surface area contributed by atoms with Crippen molar-refractivity contribution in [3.63, 3.8) is 0 Å². The summed E-state index contributed by atoms with van der Waals surface area (Å²) in [7, 11) is -0.424. The van der Waals surface area contributed by atoms with E-state index in [1.54, 1.807) is 0 Å². The fourth-order valence-corrected chi connectivity index (χ4v) is 0.447. The molecule has 0 amide bonds. The van der Waals surface area contributed by atoms with Crippen LogP contribution in [0.5, 0.6) is 0 Å². The molecule has 0 rings (SSSR count). The molecule has 0 saturated carbocycles. The number of hydrogen-bond acceptors (Lipinski definition) is 4. The zero-order chi connectivity index (χ0) is 8.62. The molecule has 5 nitrogen and oxygen atoms in total. The van der Waals surface area contributed by atoms with Crippen LogP contribution in [0.3, 0.4) is 0 Å². The molecule has 0 aliphatic carbocycles. The molecule has 10 heavy (non-hydrogen) atoms. The second-order valence-electron chi connectivity index (χ2n) is 1.33. The molecular formula is C4H13NO4S. The highest BCUT2D eigenvalue weighted by Gasteiger charge is 1.98. The van der Waals surface area contributed by atoms with Gasteiger partial charge in [-0.15, -0.1) is 0 Å². The van der Waals surface area contributed by atoms with E-state index in [1.807, 2.05) is 14.1 Å². The van der Waals surface area contributed by atoms with Gasteiger partial charge in [-0.1, -0.05) is 0 Å². The van der Waals surface area contributed by atoms with Crippen LogP contribution < -0.4 is 5.32 Å². The van der Waals surface area contributed by atoms with Crippen molar-refractivity contribution in [2.24, 2.45) is 0 Å². The Hall–Kier alpha value is -0.170. The van der Waals surface area contributed by atoms with Crippen LogP contribution in [-0.2, 0) is 14.6 Å². The maximum Gasteiger partial charge on any atom is 0.397 e. The van der Waals surface area contributed by atoms with E-state index in [1.165, 1.54) is 6.92 Å². The minimum atomic E-state index is -4.17. The number of rotatable bonds is 2. The Morgan fingerprint density at radius 2 is 1.80 bits per heavy atom. The predicted molar refractivity (Wildman–Crippen MR) is 38.2 cm³/mol. The average Bonchev–Trinajstić information content (AvgIpc) is 1.63. The van der Waals surface area contributed by atoms with Crippen molar-refractivity contribution in [1.29, 1.82) is 0 Å². The monoisotopic (exact) mass is 171 g/mol. The molecule has 0 aliphatic heterocycles. The highest BCUT2D eigenvalue weighted by atomic mass is 32.3. The largest absolute Gasteiger partial charge is 0.397 e. The molecule has 6 heteroatoms. The second-order valence-corrected chi connectivity index (χ2v) is 2.43. The predicted octanol–water partition coefficient (Wildman–Crippen LogP) is -0.339. The molecule has 0 atom stereocenters. The third kappa shape index (κ3) is 24.9. The second kappa shape index (κ2) is 6.94. The lowest BCUT2D eigenvalue weighted by Crippen LogP contribution is -2.01. The minimum absolute atomic E-state index is 0.0289. The summed E-state index contributed by atoms with van der Waals surface area (Å²) >= 11 is 0. The highest BCUT2D eigenvalue weighted by Crippen LogP contribution is 1.81. The van der Waals surface area contributed by atoms with Gasteiger partial charge in [-0.25, -0.2) is 4.18 Å². The van der Waals surface area contributed by atoms with Gasteiger partial charge in [-0.2, -0.15) is 8.42 Å². The summed E-state index contributed by atoms with van der Waals surface area (Å²) in [4.78, 5) is 0. The molecule has 0 unspecified atom stereocenters. The third-order valence-electron chi connectivity index (χ3n) is 0.267. The van der Waals surface area contributed by atoms with Crippen LogP contribution in [0.2, 0.25) is 0 Å². The van der Waals surface area contributed by atoms with Crippen LogP contribution in [0, 0.1) is 0 Å². The lowest BCUT2D eigenvalue weighted by atomic mass is 10.9. The SMILES string of the molecule is CCOS(=O)(=O)O.CNC. The van der Waals surface area contributed by atoms with Crippen molar-refractivity contribution < 1.29 is 17.2 Å². The molecule has 0 spiro atoms. The lowest BCUT2D eigenvalue weighted by molar-refractivity contribution is 0.283. The summed E-state index contributed by atoms with van der Waals surface area (Å²) in [6, 6.07) is 0. The van der Waals surface area contributed by atoms with E-state index in [9.17, 15) is 8.42 Å². The van der Waals surface area contributed by atoms with Crippen molar-refractivity contribution in [3.05, 3.63) is 0 Å². The molecular weight excluding hydrogens is 158 g/mol. The summed E-state index contributed by atoms with van der Waals surface area (Å²) in [5, 5.41) is 2.75. The Kier molecular flexibility index (Phi) is 8.68. The highest BCUT2D eigenvalue weighted by molar-refractivity contribution is 7.80. The zero-order valence-electron chi connectivity index (χ0n) is 6.29. The smallest absolute Gasteiger partial charge is 0.323 e. The maximum atomic E-state index is 9.56. The van der Waals surface area contributed by atoms with Gasteiger partial charge in [0.1, 0.15) is 0 Å². The summed E-state index contributed by atoms with van der Waals surface area (Å²) in [6.07, 6.45) is 0. The first-order valence-electron chi connectivity index (χ1n) is 2.68. The van der Waals surface area contributed by atoms with Gasteiger partial charge in [0.05, 0.1) is 6.61 Å². The maximum absolute atomic E-state index is 9.56. The third-order valence-corrected chi connectivity index (χ3v) is 0.800. The first kappa shape index (κ1) is 12.5. The van der Waals surface area contributed by atoms with Crippen molar-refractivity contribution >= 4 is 10.4 Å². The van der Waals surface area contributed by atoms with E-state index in [2.05, 4.69) is 9.50 Å². The summed E-state index contributed by atoms with van der Waals surface area (Å²) in [5.74, 6) is 0. The average molecular weight is 171 g/mol. The van der Waals surface area contributed by atoms with E-state index >= 15 is 0 Å². The van der Waals surface area contributed by atoms with Gasteiger partial charge in [-0.05, 0) is 21.0 Å². The van der Waals surface area contributed by atoms with Crippen molar-refractivity contribution in [2.75, 3.05) is 20.7 Å². The Balaban J connectivity index is 0. The Morgan fingerprint density at radius 1 is 1.50 bits per heavy atom. The summed E-state index contributed by atoms with van der Waals surface area (Å²) in [5.41, 5.74) is 0. The van der Waals surface area contributed by atoms with Gasteiger partial charge >= 0.3 is 10.4 Å². The minimum Gasteiger partial charge on any atom is -0.323 e. The molecule has 0 aliphatic rings. The Bertz CT molecular complexity index is 141. The molecule has 64 valence electrons. The molecule has 0 saturated heterocycles. The van der Waals surface area contributed by atoms with Gasteiger partial charge < -0.3 is 5.32 Å². The lowest BCUT2D eigenvalue weighted by Gasteiger charge is -1.88.